The number of aromatic nitrogens is 2. The number of nitrogens with zero attached hydrogens (tertiary/aromatic N) is 2. The van der Waals surface area contributed by atoms with Gasteiger partial charge in [0.05, 0.1) is 24.8 Å². The highest BCUT2D eigenvalue weighted by Crippen LogP contribution is 2.19. The van der Waals surface area contributed by atoms with Gasteiger partial charge in [-0.15, -0.1) is 0 Å². The fraction of sp³-hybridized carbons (Fsp3) is 0.227. The van der Waals surface area contributed by atoms with Crippen LogP contribution in [0.15, 0.2) is 73.3 Å². The maximum Gasteiger partial charge on any atom is 0.222 e. The molecule has 0 bridgehead atoms. The fourth-order valence-corrected chi connectivity index (χ4v) is 3.10. The summed E-state index contributed by atoms with van der Waals surface area (Å²) in [5, 5.41) is 5.87. The minimum absolute atomic E-state index is 0.117. The van der Waals surface area contributed by atoms with Crippen LogP contribution in [0.5, 0.6) is 0 Å². The van der Waals surface area contributed by atoms with Gasteiger partial charge < -0.3 is 15.2 Å². The van der Waals surface area contributed by atoms with Crippen LogP contribution in [-0.2, 0) is 9.59 Å². The molecule has 1 aromatic heterocycles. The van der Waals surface area contributed by atoms with Gasteiger partial charge in [0.25, 0.3) is 0 Å². The van der Waals surface area contributed by atoms with Gasteiger partial charge in [-0.2, -0.15) is 0 Å². The molecule has 0 fully saturated rings. The van der Waals surface area contributed by atoms with Crippen LogP contribution in [-0.4, -0.2) is 21.4 Å². The van der Waals surface area contributed by atoms with E-state index in [1.165, 1.54) is 6.92 Å². The van der Waals surface area contributed by atoms with Crippen molar-refractivity contribution in [1.82, 2.24) is 20.2 Å². The zero-order chi connectivity index (χ0) is 19.9. The summed E-state index contributed by atoms with van der Waals surface area (Å²) in [6.45, 7) is 3.40. The number of hydrogen-bond acceptors (Lipinski definition) is 3. The number of hydrogen-bond donors (Lipinski definition) is 2. The van der Waals surface area contributed by atoms with Gasteiger partial charge in [-0.05, 0) is 30.2 Å². The van der Waals surface area contributed by atoms with Crippen LogP contribution < -0.4 is 10.6 Å². The van der Waals surface area contributed by atoms with Crippen LogP contribution in [0.2, 0.25) is 0 Å². The van der Waals surface area contributed by atoms with E-state index in [0.29, 0.717) is 0 Å². The standard InChI is InChI=1S/C22H24N4O2/c1-16(18-8-10-20(11-9-18)26-13-12-23-15-26)24-22(28)14-21(25-17(2)27)19-6-4-3-5-7-19/h3-13,15-16,21H,14H2,1-2H3,(H,24,28)(H,25,27)/t16-,21-/m0/s1. The zero-order valence-corrected chi connectivity index (χ0v) is 16.0. The minimum Gasteiger partial charge on any atom is -0.350 e. The van der Waals surface area contributed by atoms with E-state index in [-0.39, 0.29) is 30.3 Å². The minimum atomic E-state index is -0.352. The van der Waals surface area contributed by atoms with Crippen molar-refractivity contribution in [2.45, 2.75) is 32.4 Å². The smallest absolute Gasteiger partial charge is 0.222 e. The predicted molar refractivity (Wildman–Crippen MR) is 108 cm³/mol. The second kappa shape index (κ2) is 8.99. The molecule has 0 aliphatic heterocycles. The number of benzene rings is 2. The SMILES string of the molecule is CC(=O)N[C@@H](CC(=O)N[C@@H](C)c1ccc(-n2ccnc2)cc1)c1ccccc1. The average Bonchev–Trinajstić information content (AvgIpc) is 3.22. The molecule has 0 radical (unpaired) electrons. The Balaban J connectivity index is 1.63. The van der Waals surface area contributed by atoms with Crippen molar-refractivity contribution in [3.05, 3.63) is 84.4 Å². The van der Waals surface area contributed by atoms with Crippen molar-refractivity contribution in [2.75, 3.05) is 0 Å². The van der Waals surface area contributed by atoms with E-state index in [2.05, 4.69) is 15.6 Å². The highest BCUT2D eigenvalue weighted by Gasteiger charge is 2.18. The van der Waals surface area contributed by atoms with Crippen LogP contribution >= 0.6 is 0 Å². The largest absolute Gasteiger partial charge is 0.350 e. The Hall–Kier alpha value is -3.41. The predicted octanol–water partition coefficient (Wildman–Crippen LogP) is 3.32. The molecule has 0 saturated heterocycles. The third-order valence-electron chi connectivity index (χ3n) is 4.54. The second-order valence-corrected chi connectivity index (χ2v) is 6.72. The first-order chi connectivity index (χ1) is 13.5. The highest BCUT2D eigenvalue weighted by atomic mass is 16.2. The van der Waals surface area contributed by atoms with Crippen LogP contribution in [0.1, 0.15) is 43.5 Å². The molecule has 0 unspecified atom stereocenters. The van der Waals surface area contributed by atoms with Gasteiger partial charge >= 0.3 is 0 Å². The average molecular weight is 376 g/mol. The Kier molecular flexibility index (Phi) is 6.22. The molecule has 6 heteroatoms. The highest BCUT2D eigenvalue weighted by molar-refractivity contribution is 5.79. The number of nitrogens with one attached hydrogen (secondary N) is 2. The van der Waals surface area contributed by atoms with Gasteiger partial charge in [-0.1, -0.05) is 42.5 Å². The van der Waals surface area contributed by atoms with E-state index in [4.69, 9.17) is 0 Å². The third kappa shape index (κ3) is 5.07. The third-order valence-corrected chi connectivity index (χ3v) is 4.54. The Bertz CT molecular complexity index is 905. The number of imidazole rings is 1. The molecule has 6 nitrogen and oxygen atoms in total. The maximum atomic E-state index is 12.6. The van der Waals surface area contributed by atoms with Crippen LogP contribution in [0.25, 0.3) is 5.69 Å². The summed E-state index contributed by atoms with van der Waals surface area (Å²) in [4.78, 5) is 28.1. The summed E-state index contributed by atoms with van der Waals surface area (Å²) in [5.74, 6) is -0.279. The van der Waals surface area contributed by atoms with Gasteiger partial charge in [-0.25, -0.2) is 4.98 Å². The van der Waals surface area contributed by atoms with E-state index in [1.807, 2.05) is 72.3 Å². The summed E-state index contributed by atoms with van der Waals surface area (Å²) in [6.07, 6.45) is 5.54. The van der Waals surface area contributed by atoms with Gasteiger partial charge in [0.15, 0.2) is 0 Å². The van der Waals surface area contributed by atoms with Crippen molar-refractivity contribution in [3.8, 4) is 5.69 Å². The molecule has 2 aromatic carbocycles. The lowest BCUT2D eigenvalue weighted by Gasteiger charge is -2.20. The number of rotatable bonds is 7. The van der Waals surface area contributed by atoms with E-state index in [0.717, 1.165) is 16.8 Å². The molecule has 3 rings (SSSR count). The zero-order valence-electron chi connectivity index (χ0n) is 16.0. The van der Waals surface area contributed by atoms with Crippen molar-refractivity contribution >= 4 is 11.8 Å². The first kappa shape index (κ1) is 19.4. The molecule has 0 spiro atoms. The summed E-state index contributed by atoms with van der Waals surface area (Å²) in [5.41, 5.74) is 2.92. The van der Waals surface area contributed by atoms with Gasteiger partial charge in [0.1, 0.15) is 0 Å². The fourth-order valence-electron chi connectivity index (χ4n) is 3.10. The molecule has 1 heterocycles. The topological polar surface area (TPSA) is 76.0 Å². The van der Waals surface area contributed by atoms with E-state index < -0.39 is 0 Å². The van der Waals surface area contributed by atoms with Crippen LogP contribution in [0, 0.1) is 0 Å². The molecule has 0 aliphatic carbocycles. The molecule has 2 N–H and O–H groups in total. The molecule has 3 aromatic rings. The Morgan fingerprint density at radius 2 is 1.71 bits per heavy atom. The number of amides is 2. The monoisotopic (exact) mass is 376 g/mol. The second-order valence-electron chi connectivity index (χ2n) is 6.72. The van der Waals surface area contributed by atoms with Crippen molar-refractivity contribution in [2.24, 2.45) is 0 Å². The van der Waals surface area contributed by atoms with E-state index in [1.54, 1.807) is 12.5 Å². The summed E-state index contributed by atoms with van der Waals surface area (Å²) in [7, 11) is 0. The summed E-state index contributed by atoms with van der Waals surface area (Å²) < 4.78 is 1.92. The first-order valence-electron chi connectivity index (χ1n) is 9.22. The number of carbonyl (C=O) groups excluding carboxylic acids is 2. The van der Waals surface area contributed by atoms with Crippen molar-refractivity contribution in [1.29, 1.82) is 0 Å². The van der Waals surface area contributed by atoms with Crippen LogP contribution in [0.4, 0.5) is 0 Å². The van der Waals surface area contributed by atoms with E-state index >= 15 is 0 Å². The lowest BCUT2D eigenvalue weighted by molar-refractivity contribution is -0.123. The molecule has 0 aliphatic rings. The molecular weight excluding hydrogens is 352 g/mol. The molecular formula is C22H24N4O2. The Morgan fingerprint density at radius 3 is 2.32 bits per heavy atom. The van der Waals surface area contributed by atoms with Gasteiger partial charge in [-0.3, -0.25) is 9.59 Å². The molecule has 2 amide bonds. The van der Waals surface area contributed by atoms with Crippen LogP contribution in [0.3, 0.4) is 0 Å². The maximum absolute atomic E-state index is 12.6. The van der Waals surface area contributed by atoms with Gasteiger partial charge in [0, 0.05) is 25.0 Å². The molecule has 28 heavy (non-hydrogen) atoms. The lowest BCUT2D eigenvalue weighted by atomic mass is 10.0. The van der Waals surface area contributed by atoms with Crippen molar-refractivity contribution < 1.29 is 9.59 Å². The quantitative estimate of drug-likeness (QED) is 0.664. The summed E-state index contributed by atoms with van der Waals surface area (Å²) in [6, 6.07) is 17.0. The molecule has 0 saturated carbocycles. The van der Waals surface area contributed by atoms with Gasteiger partial charge in [0.2, 0.25) is 11.8 Å². The normalized spacial score (nSPS) is 12.8. The Labute approximate surface area is 164 Å². The first-order valence-corrected chi connectivity index (χ1v) is 9.22. The lowest BCUT2D eigenvalue weighted by Crippen LogP contribution is -2.33. The summed E-state index contributed by atoms with van der Waals surface area (Å²) >= 11 is 0. The Morgan fingerprint density at radius 1 is 1.00 bits per heavy atom. The molecule has 144 valence electrons. The number of carbonyl (C=O) groups is 2. The molecule has 2 atom stereocenters. The van der Waals surface area contributed by atoms with Crippen molar-refractivity contribution in [3.63, 3.8) is 0 Å². The van der Waals surface area contributed by atoms with E-state index in [9.17, 15) is 9.59 Å².